The Hall–Kier alpha value is -2.11. The fourth-order valence-corrected chi connectivity index (χ4v) is 2.00. The highest BCUT2D eigenvalue weighted by atomic mass is 16.6. The van der Waals surface area contributed by atoms with Crippen molar-refractivity contribution in [3.05, 3.63) is 33.9 Å². The van der Waals surface area contributed by atoms with Crippen LogP contribution in [0.2, 0.25) is 0 Å². The lowest BCUT2D eigenvalue weighted by Crippen LogP contribution is -2.30. The number of nitrogens with one attached hydrogen (secondary N) is 1. The first-order valence-corrected chi connectivity index (χ1v) is 6.64. The summed E-state index contributed by atoms with van der Waals surface area (Å²) in [6.45, 7) is 7.19. The van der Waals surface area contributed by atoms with E-state index in [1.165, 1.54) is 12.1 Å². The van der Waals surface area contributed by atoms with E-state index in [1.54, 1.807) is 18.0 Å². The molecule has 0 fully saturated rings. The van der Waals surface area contributed by atoms with Gasteiger partial charge in [0.05, 0.1) is 10.5 Å². The number of anilines is 1. The fourth-order valence-electron chi connectivity index (χ4n) is 2.00. The minimum Gasteiger partial charge on any atom is -0.385 e. The second kappa shape index (κ2) is 6.88. The molecule has 0 bridgehead atoms. The van der Waals surface area contributed by atoms with Crippen molar-refractivity contribution in [1.29, 1.82) is 0 Å². The largest absolute Gasteiger partial charge is 0.385 e. The minimum absolute atomic E-state index is 0.0760. The monoisotopic (exact) mass is 279 g/mol. The standard InChI is InChI=1S/C14H21N3O3/c1-5-15-13-7-6-11(17(19)20)8-12(13)14(18)16(4)9-10(2)3/h6-8,10,15H,5,9H2,1-4H3. The molecule has 1 amide bonds. The number of non-ortho nitro benzene ring substituents is 1. The Bertz CT molecular complexity index is 500. The van der Waals surface area contributed by atoms with Gasteiger partial charge in [-0.15, -0.1) is 0 Å². The number of rotatable bonds is 6. The lowest BCUT2D eigenvalue weighted by Gasteiger charge is -2.21. The highest BCUT2D eigenvalue weighted by molar-refractivity contribution is 6.00. The summed E-state index contributed by atoms with van der Waals surface area (Å²) in [4.78, 5) is 24.4. The van der Waals surface area contributed by atoms with E-state index in [2.05, 4.69) is 5.32 Å². The van der Waals surface area contributed by atoms with Gasteiger partial charge >= 0.3 is 0 Å². The van der Waals surface area contributed by atoms with E-state index in [9.17, 15) is 14.9 Å². The van der Waals surface area contributed by atoms with Gasteiger partial charge in [0.2, 0.25) is 0 Å². The lowest BCUT2D eigenvalue weighted by molar-refractivity contribution is -0.384. The molecular weight excluding hydrogens is 258 g/mol. The molecule has 1 aromatic carbocycles. The van der Waals surface area contributed by atoms with Gasteiger partial charge in [-0.05, 0) is 18.9 Å². The van der Waals surface area contributed by atoms with Gasteiger partial charge in [-0.1, -0.05) is 13.8 Å². The zero-order valence-corrected chi connectivity index (χ0v) is 12.3. The average Bonchev–Trinajstić information content (AvgIpc) is 2.37. The molecule has 0 aliphatic heterocycles. The van der Waals surface area contributed by atoms with Gasteiger partial charge in [0.25, 0.3) is 11.6 Å². The van der Waals surface area contributed by atoms with Gasteiger partial charge in [0.1, 0.15) is 0 Å². The first-order chi connectivity index (χ1) is 9.36. The van der Waals surface area contributed by atoms with Crippen LogP contribution in [0.15, 0.2) is 18.2 Å². The van der Waals surface area contributed by atoms with Crippen LogP contribution in [0.5, 0.6) is 0 Å². The van der Waals surface area contributed by atoms with Crippen molar-refractivity contribution in [2.75, 3.05) is 25.5 Å². The molecule has 20 heavy (non-hydrogen) atoms. The van der Waals surface area contributed by atoms with Gasteiger partial charge < -0.3 is 10.2 Å². The molecule has 0 aliphatic rings. The molecule has 110 valence electrons. The van der Waals surface area contributed by atoms with Crippen molar-refractivity contribution < 1.29 is 9.72 Å². The molecule has 1 rings (SSSR count). The Morgan fingerprint density at radius 2 is 2.10 bits per heavy atom. The third-order valence-corrected chi connectivity index (χ3v) is 2.80. The Labute approximate surface area is 118 Å². The topological polar surface area (TPSA) is 75.5 Å². The normalized spacial score (nSPS) is 10.4. The maximum Gasteiger partial charge on any atom is 0.270 e. The molecule has 1 N–H and O–H groups in total. The van der Waals surface area contributed by atoms with Crippen LogP contribution in [0, 0.1) is 16.0 Å². The summed E-state index contributed by atoms with van der Waals surface area (Å²) in [5.41, 5.74) is 0.885. The Morgan fingerprint density at radius 3 is 2.60 bits per heavy atom. The molecule has 1 aromatic rings. The third kappa shape index (κ3) is 3.94. The molecule has 0 unspecified atom stereocenters. The van der Waals surface area contributed by atoms with Crippen molar-refractivity contribution in [2.45, 2.75) is 20.8 Å². The zero-order chi connectivity index (χ0) is 15.3. The molecule has 0 saturated carbocycles. The molecule has 0 radical (unpaired) electrons. The van der Waals surface area contributed by atoms with Gasteiger partial charge in [0, 0.05) is 38.0 Å². The second-order valence-electron chi connectivity index (χ2n) is 5.10. The van der Waals surface area contributed by atoms with Crippen molar-refractivity contribution >= 4 is 17.3 Å². The lowest BCUT2D eigenvalue weighted by atomic mass is 10.1. The van der Waals surface area contributed by atoms with Crippen LogP contribution in [0.4, 0.5) is 11.4 Å². The number of nitro benzene ring substituents is 1. The number of hydrogen-bond acceptors (Lipinski definition) is 4. The first kappa shape index (κ1) is 15.9. The molecule has 0 heterocycles. The predicted octanol–water partition coefficient (Wildman–Crippen LogP) is 2.75. The Balaban J connectivity index is 3.14. The quantitative estimate of drug-likeness (QED) is 0.641. The molecule has 0 aliphatic carbocycles. The molecule has 0 atom stereocenters. The number of nitro groups is 1. The van der Waals surface area contributed by atoms with Crippen LogP contribution in [0.3, 0.4) is 0 Å². The predicted molar refractivity (Wildman–Crippen MR) is 79.1 cm³/mol. The van der Waals surface area contributed by atoms with Crippen molar-refractivity contribution in [3.8, 4) is 0 Å². The number of nitrogens with zero attached hydrogens (tertiary/aromatic N) is 2. The Kier molecular flexibility index (Phi) is 5.49. The van der Waals surface area contributed by atoms with E-state index in [4.69, 9.17) is 0 Å². The van der Waals surface area contributed by atoms with Gasteiger partial charge in [-0.3, -0.25) is 14.9 Å². The number of carbonyl (C=O) groups excluding carboxylic acids is 1. The van der Waals surface area contributed by atoms with E-state index < -0.39 is 4.92 Å². The summed E-state index contributed by atoms with van der Waals surface area (Å²) in [6, 6.07) is 4.31. The van der Waals surface area contributed by atoms with E-state index in [0.717, 1.165) is 0 Å². The first-order valence-electron chi connectivity index (χ1n) is 6.64. The van der Waals surface area contributed by atoms with E-state index in [0.29, 0.717) is 30.3 Å². The number of amides is 1. The molecule has 0 saturated heterocycles. The van der Waals surface area contributed by atoms with Gasteiger partial charge in [0.15, 0.2) is 0 Å². The SMILES string of the molecule is CCNc1ccc([N+](=O)[O-])cc1C(=O)N(C)CC(C)C. The van der Waals surface area contributed by atoms with Crippen molar-refractivity contribution in [1.82, 2.24) is 4.90 Å². The number of carbonyl (C=O) groups is 1. The minimum atomic E-state index is -0.491. The van der Waals surface area contributed by atoms with E-state index in [1.807, 2.05) is 20.8 Å². The van der Waals surface area contributed by atoms with Crippen LogP contribution >= 0.6 is 0 Å². The van der Waals surface area contributed by atoms with E-state index in [-0.39, 0.29) is 11.6 Å². The molecular formula is C14H21N3O3. The van der Waals surface area contributed by atoms with E-state index >= 15 is 0 Å². The Morgan fingerprint density at radius 1 is 1.45 bits per heavy atom. The summed E-state index contributed by atoms with van der Waals surface area (Å²) in [5, 5.41) is 13.9. The van der Waals surface area contributed by atoms with Gasteiger partial charge in [-0.25, -0.2) is 0 Å². The smallest absolute Gasteiger partial charge is 0.270 e. The number of benzene rings is 1. The summed E-state index contributed by atoms with van der Waals surface area (Å²) in [5.74, 6) is 0.128. The maximum absolute atomic E-state index is 12.4. The molecule has 6 heteroatoms. The summed E-state index contributed by atoms with van der Waals surface area (Å²) >= 11 is 0. The highest BCUT2D eigenvalue weighted by Gasteiger charge is 2.20. The van der Waals surface area contributed by atoms with Crippen LogP contribution < -0.4 is 5.32 Å². The molecule has 6 nitrogen and oxygen atoms in total. The van der Waals surface area contributed by atoms with Crippen LogP contribution in [-0.4, -0.2) is 35.9 Å². The summed E-state index contributed by atoms with van der Waals surface area (Å²) in [7, 11) is 1.71. The number of hydrogen-bond donors (Lipinski definition) is 1. The summed E-state index contributed by atoms with van der Waals surface area (Å²) in [6.07, 6.45) is 0. The second-order valence-corrected chi connectivity index (χ2v) is 5.10. The third-order valence-electron chi connectivity index (χ3n) is 2.80. The average molecular weight is 279 g/mol. The van der Waals surface area contributed by atoms with Gasteiger partial charge in [-0.2, -0.15) is 0 Å². The molecule has 0 spiro atoms. The van der Waals surface area contributed by atoms with Crippen molar-refractivity contribution in [2.24, 2.45) is 5.92 Å². The highest BCUT2D eigenvalue weighted by Crippen LogP contribution is 2.23. The van der Waals surface area contributed by atoms with Crippen LogP contribution in [0.25, 0.3) is 0 Å². The zero-order valence-electron chi connectivity index (χ0n) is 12.3. The van der Waals surface area contributed by atoms with Crippen LogP contribution in [-0.2, 0) is 0 Å². The maximum atomic E-state index is 12.4. The summed E-state index contributed by atoms with van der Waals surface area (Å²) < 4.78 is 0. The fraction of sp³-hybridized carbons (Fsp3) is 0.500. The van der Waals surface area contributed by atoms with Crippen LogP contribution in [0.1, 0.15) is 31.1 Å². The van der Waals surface area contributed by atoms with Crippen molar-refractivity contribution in [3.63, 3.8) is 0 Å². The molecule has 0 aromatic heterocycles.